The lowest BCUT2D eigenvalue weighted by Crippen LogP contribution is -2.57. The molecule has 0 aliphatic carbocycles. The number of amides is 1. The average Bonchev–Trinajstić information content (AvgIpc) is 3.28. The van der Waals surface area contributed by atoms with E-state index in [2.05, 4.69) is 5.32 Å². The summed E-state index contributed by atoms with van der Waals surface area (Å²) < 4.78 is 94.0. The third-order valence-electron chi connectivity index (χ3n) is 7.60. The van der Waals surface area contributed by atoms with E-state index in [9.17, 15) is 26.0 Å². The molecule has 5 rings (SSSR count). The highest BCUT2D eigenvalue weighted by molar-refractivity contribution is 7.92. The smallest absolute Gasteiger partial charge is 0.220 e. The quantitative estimate of drug-likeness (QED) is 0.527. The molecule has 0 unspecified atom stereocenters. The second kappa shape index (κ2) is 10.0. The van der Waals surface area contributed by atoms with Crippen LogP contribution in [-0.2, 0) is 34.0 Å². The van der Waals surface area contributed by atoms with Crippen LogP contribution in [0.5, 0.6) is 5.75 Å². The van der Waals surface area contributed by atoms with Crippen molar-refractivity contribution in [3.63, 3.8) is 0 Å². The van der Waals surface area contributed by atoms with Crippen molar-refractivity contribution in [3.05, 3.63) is 58.6 Å². The van der Waals surface area contributed by atoms with Crippen LogP contribution in [0.1, 0.15) is 31.2 Å². The van der Waals surface area contributed by atoms with Crippen molar-refractivity contribution in [2.75, 3.05) is 24.7 Å². The highest BCUT2D eigenvalue weighted by Crippen LogP contribution is 2.56. The fraction of sp³-hybridized carbons (Fsp3) is 0.480. The van der Waals surface area contributed by atoms with E-state index in [1.807, 2.05) is 0 Å². The van der Waals surface area contributed by atoms with Crippen LogP contribution < -0.4 is 10.1 Å². The van der Waals surface area contributed by atoms with Crippen molar-refractivity contribution < 1.29 is 39.9 Å². The Labute approximate surface area is 224 Å². The van der Waals surface area contributed by atoms with Gasteiger partial charge in [0, 0.05) is 30.0 Å². The predicted octanol–water partition coefficient (Wildman–Crippen LogP) is 3.17. The first-order valence-electron chi connectivity index (χ1n) is 12.2. The van der Waals surface area contributed by atoms with Crippen LogP contribution >= 0.6 is 11.6 Å². The van der Waals surface area contributed by atoms with Crippen LogP contribution in [0.2, 0.25) is 5.02 Å². The number of sulfone groups is 2. The molecule has 8 nitrogen and oxygen atoms in total. The zero-order chi connectivity index (χ0) is 27.3. The lowest BCUT2D eigenvalue weighted by atomic mass is 9.75. The van der Waals surface area contributed by atoms with Crippen LogP contribution in [0.4, 0.5) is 8.78 Å². The maximum atomic E-state index is 15.4. The summed E-state index contributed by atoms with van der Waals surface area (Å²) in [6.45, 7) is -0.439. The van der Waals surface area contributed by atoms with Crippen molar-refractivity contribution in [2.24, 2.45) is 5.92 Å². The van der Waals surface area contributed by atoms with Crippen LogP contribution in [-0.4, -0.2) is 59.6 Å². The zero-order valence-electron chi connectivity index (χ0n) is 20.2. The van der Waals surface area contributed by atoms with E-state index in [1.165, 1.54) is 24.3 Å². The molecule has 13 heteroatoms. The molecule has 4 atom stereocenters. The fourth-order valence-electron chi connectivity index (χ4n) is 5.82. The van der Waals surface area contributed by atoms with Gasteiger partial charge in [-0.2, -0.15) is 0 Å². The lowest BCUT2D eigenvalue weighted by molar-refractivity contribution is -0.119. The maximum absolute atomic E-state index is 15.4. The molecular formula is C25H26ClF2NO7S2. The Kier molecular flexibility index (Phi) is 7.21. The van der Waals surface area contributed by atoms with E-state index in [0.29, 0.717) is 11.4 Å². The topological polar surface area (TPSA) is 116 Å². The summed E-state index contributed by atoms with van der Waals surface area (Å²) in [6, 6.07) is 6.67. The van der Waals surface area contributed by atoms with Gasteiger partial charge in [-0.05, 0) is 55.7 Å². The first-order valence-corrected chi connectivity index (χ1v) is 15.9. The highest BCUT2D eigenvalue weighted by Gasteiger charge is 2.61. The Bertz CT molecular complexity index is 1470. The summed E-state index contributed by atoms with van der Waals surface area (Å²) in [5.41, 5.74) is -0.409. The molecule has 0 aromatic heterocycles. The molecule has 2 saturated heterocycles. The molecule has 1 N–H and O–H groups in total. The molecule has 1 amide bonds. The molecular weight excluding hydrogens is 564 g/mol. The van der Waals surface area contributed by atoms with Crippen molar-refractivity contribution in [1.29, 1.82) is 0 Å². The first-order chi connectivity index (χ1) is 17.9. The zero-order valence-corrected chi connectivity index (χ0v) is 22.6. The van der Waals surface area contributed by atoms with E-state index < -0.39 is 65.4 Å². The average molecular weight is 590 g/mol. The number of ether oxygens (including phenoxy) is 2. The second-order valence-electron chi connectivity index (χ2n) is 9.86. The summed E-state index contributed by atoms with van der Waals surface area (Å²) in [5.74, 6) is -4.11. The maximum Gasteiger partial charge on any atom is 0.220 e. The first kappa shape index (κ1) is 27.3. The van der Waals surface area contributed by atoms with Gasteiger partial charge in [-0.1, -0.05) is 11.6 Å². The summed E-state index contributed by atoms with van der Waals surface area (Å²) in [7, 11) is -8.03. The van der Waals surface area contributed by atoms with E-state index in [4.69, 9.17) is 21.1 Å². The number of halogens is 3. The Morgan fingerprint density at radius 3 is 2.45 bits per heavy atom. The van der Waals surface area contributed by atoms with Gasteiger partial charge in [0.2, 0.25) is 5.91 Å². The molecule has 3 aliphatic heterocycles. The Balaban J connectivity index is 1.53. The summed E-state index contributed by atoms with van der Waals surface area (Å²) >= 11 is 5.96. The molecule has 3 heterocycles. The van der Waals surface area contributed by atoms with Gasteiger partial charge >= 0.3 is 0 Å². The molecule has 2 fully saturated rings. The number of fused-ring (bicyclic) bond motifs is 3. The van der Waals surface area contributed by atoms with Crippen molar-refractivity contribution in [3.8, 4) is 5.75 Å². The molecule has 2 aromatic rings. The Morgan fingerprint density at radius 1 is 1.05 bits per heavy atom. The Hall–Kier alpha value is -2.28. The van der Waals surface area contributed by atoms with Gasteiger partial charge < -0.3 is 14.8 Å². The van der Waals surface area contributed by atoms with Crippen LogP contribution in [0.25, 0.3) is 0 Å². The van der Waals surface area contributed by atoms with Crippen LogP contribution in [0.15, 0.2) is 41.3 Å². The molecule has 38 heavy (non-hydrogen) atoms. The van der Waals surface area contributed by atoms with Gasteiger partial charge in [-0.15, -0.1) is 0 Å². The summed E-state index contributed by atoms with van der Waals surface area (Å²) in [5, 5.41) is 2.93. The second-order valence-corrected chi connectivity index (χ2v) is 14.7. The van der Waals surface area contributed by atoms with E-state index in [1.54, 1.807) is 0 Å². The minimum atomic E-state index is -4.39. The van der Waals surface area contributed by atoms with Crippen LogP contribution in [0, 0.1) is 17.6 Å². The lowest BCUT2D eigenvalue weighted by Gasteiger charge is -2.50. The number of benzene rings is 2. The van der Waals surface area contributed by atoms with E-state index >= 15 is 4.39 Å². The third kappa shape index (κ3) is 4.69. The van der Waals surface area contributed by atoms with Crippen molar-refractivity contribution in [2.45, 2.75) is 47.5 Å². The largest absolute Gasteiger partial charge is 0.490 e. The molecule has 0 saturated carbocycles. The number of rotatable bonds is 7. The van der Waals surface area contributed by atoms with E-state index in [-0.39, 0.29) is 54.8 Å². The van der Waals surface area contributed by atoms with Crippen molar-refractivity contribution in [1.82, 2.24) is 5.32 Å². The molecule has 0 spiro atoms. The monoisotopic (exact) mass is 589 g/mol. The molecule has 0 bridgehead atoms. The molecule has 0 radical (unpaired) electrons. The van der Waals surface area contributed by atoms with Gasteiger partial charge in [0.1, 0.15) is 10.6 Å². The molecule has 206 valence electrons. The minimum Gasteiger partial charge on any atom is -0.490 e. The predicted molar refractivity (Wildman–Crippen MR) is 134 cm³/mol. The Morgan fingerprint density at radius 2 is 1.76 bits per heavy atom. The molecule has 3 aliphatic rings. The minimum absolute atomic E-state index is 0.0822. The number of carbonyl (C=O) groups excluding carboxylic acids is 1. The van der Waals surface area contributed by atoms with Gasteiger partial charge in [-0.3, -0.25) is 4.79 Å². The SMILES string of the molecule is O=C1CC[C@@H](CS(=O)(=O)CC[C@@H]2OCC[C@@]3(S(=O)(=O)c4ccc(Cl)cc4)c4c(F)ccc(F)c4OC[C@@H]23)N1. The normalized spacial score (nSPS) is 27.2. The summed E-state index contributed by atoms with van der Waals surface area (Å²) in [6.07, 6.45) is -0.524. The van der Waals surface area contributed by atoms with E-state index in [0.717, 1.165) is 12.1 Å². The van der Waals surface area contributed by atoms with Crippen molar-refractivity contribution >= 4 is 37.2 Å². The summed E-state index contributed by atoms with van der Waals surface area (Å²) in [4.78, 5) is 11.3. The fourth-order valence-corrected chi connectivity index (χ4v) is 9.91. The van der Waals surface area contributed by atoms with Gasteiger partial charge in [0.05, 0.1) is 34.7 Å². The van der Waals surface area contributed by atoms with Crippen LogP contribution in [0.3, 0.4) is 0 Å². The standard InChI is InChI=1S/C25H26ClF2NO7S2/c26-15-1-4-17(5-2-15)38(33,34)25-10-11-35-21(9-12-37(31,32)14-16-3-8-22(30)29-16)18(25)13-36-24-20(28)7-6-19(27)23(24)25/h1-2,4-7,16,18,21H,3,8-14H2,(H,29,30)/t16-,18-,21-,25-/m0/s1. The van der Waals surface area contributed by atoms with Gasteiger partial charge in [0.15, 0.2) is 31.2 Å². The van der Waals surface area contributed by atoms with Gasteiger partial charge in [0.25, 0.3) is 0 Å². The van der Waals surface area contributed by atoms with Gasteiger partial charge in [-0.25, -0.2) is 25.6 Å². The number of hydrogen-bond donors (Lipinski definition) is 1. The number of carbonyl (C=O) groups is 1. The third-order valence-corrected chi connectivity index (χ3v) is 12.2. The highest BCUT2D eigenvalue weighted by atomic mass is 35.5. The number of nitrogens with one attached hydrogen (secondary N) is 1. The number of hydrogen-bond acceptors (Lipinski definition) is 7. The molecule has 2 aromatic carbocycles.